The molecule has 4 saturated heterocycles. The van der Waals surface area contributed by atoms with Gasteiger partial charge in [-0.25, -0.2) is 9.59 Å². The molecule has 4 heterocycles. The number of allylic oxidation sites excluding steroid dienone is 2. The van der Waals surface area contributed by atoms with Gasteiger partial charge in [0, 0.05) is 61.4 Å². The molecule has 0 aromatic heterocycles. The fourth-order valence-corrected chi connectivity index (χ4v) is 16.6. The number of aliphatic hydroxyl groups is 4. The van der Waals surface area contributed by atoms with Gasteiger partial charge in [-0.2, -0.15) is 17.2 Å². The molecule has 2 amide bonds. The Balaban J connectivity index is 1.27. The summed E-state index contributed by atoms with van der Waals surface area (Å²) in [5, 5.41) is 56.9. The third-order valence-corrected chi connectivity index (χ3v) is 22.5. The van der Waals surface area contributed by atoms with Crippen molar-refractivity contribution in [2.45, 2.75) is 175 Å². The summed E-state index contributed by atoms with van der Waals surface area (Å²) in [4.78, 5) is 62.6. The number of rotatable bonds is 26. The largest absolute Gasteiger partial charge is 0.493 e. The molecule has 498 valence electrons. The molecular formula is C59H80N4O22S5. The summed E-state index contributed by atoms with van der Waals surface area (Å²) in [6, 6.07) is 1.39. The van der Waals surface area contributed by atoms with E-state index in [9.17, 15) is 34.8 Å². The molecule has 0 spiro atoms. The minimum atomic E-state index is -2.67. The number of benzene rings is 1. The number of nitrogens with one attached hydrogen (secondary N) is 4. The summed E-state index contributed by atoms with van der Waals surface area (Å²) in [5.41, 5.74) is -0.959. The van der Waals surface area contributed by atoms with Crippen molar-refractivity contribution < 1.29 is 106 Å². The van der Waals surface area contributed by atoms with Gasteiger partial charge in [0.05, 0.1) is 99.8 Å². The summed E-state index contributed by atoms with van der Waals surface area (Å²) < 4.78 is 78.0. The molecule has 8 N–H and O–H groups in total. The zero-order valence-corrected chi connectivity index (χ0v) is 55.9. The van der Waals surface area contributed by atoms with Crippen LogP contribution in [0.2, 0.25) is 0 Å². The highest BCUT2D eigenvalue weighted by molar-refractivity contribution is 9.26. The van der Waals surface area contributed by atoms with Gasteiger partial charge in [0.2, 0.25) is 5.78 Å². The summed E-state index contributed by atoms with van der Waals surface area (Å²) in [7, 11) is 12.3. The zero-order chi connectivity index (χ0) is 65.6. The van der Waals surface area contributed by atoms with Gasteiger partial charge < -0.3 is 92.6 Å². The molecule has 1 aromatic carbocycles. The first-order valence-electron chi connectivity index (χ1n) is 28.6. The number of fused-ring (bicyclic) bond motifs is 2. The average molecular weight is 1360 g/mol. The van der Waals surface area contributed by atoms with E-state index >= 15 is 4.79 Å². The van der Waals surface area contributed by atoms with Crippen LogP contribution < -0.4 is 30.9 Å². The Morgan fingerprint density at radius 3 is 2.22 bits per heavy atom. The van der Waals surface area contributed by atoms with E-state index in [1.54, 1.807) is 20.1 Å². The second-order valence-electron chi connectivity index (χ2n) is 21.5. The topological polar surface area (TPSA) is 327 Å². The third-order valence-electron chi connectivity index (χ3n) is 15.3. The maximum atomic E-state index is 15.6. The molecule has 4 fully saturated rings. The monoisotopic (exact) mass is 1360 g/mol. The molecule has 2 bridgehead atoms. The van der Waals surface area contributed by atoms with Gasteiger partial charge in [-0.1, -0.05) is 71.8 Å². The lowest BCUT2D eigenvalue weighted by Crippen LogP contribution is -2.65. The van der Waals surface area contributed by atoms with Gasteiger partial charge in [-0.05, 0) is 65.1 Å². The molecule has 4 aliphatic heterocycles. The summed E-state index contributed by atoms with van der Waals surface area (Å²) in [6.45, 7) is 12.6. The van der Waals surface area contributed by atoms with Crippen LogP contribution in [0.25, 0.3) is 0 Å². The Bertz CT molecular complexity index is 2910. The number of thioether (sulfide) groups is 1. The minimum absolute atomic E-state index is 0.0839. The highest BCUT2D eigenvalue weighted by Gasteiger charge is 2.57. The molecule has 31 heteroatoms. The highest BCUT2D eigenvalue weighted by atomic mass is 33.7. The van der Waals surface area contributed by atoms with Crippen LogP contribution in [0.4, 0.5) is 10.5 Å². The number of alkyl carbamates (subject to hydrolysis) is 1. The molecule has 19 atom stereocenters. The van der Waals surface area contributed by atoms with Crippen LogP contribution >= 0.6 is 53.0 Å². The number of ether oxygens (including phenoxy) is 13. The molecule has 6 aliphatic rings. The van der Waals surface area contributed by atoms with Gasteiger partial charge in [0.15, 0.2) is 54.1 Å². The lowest BCUT2D eigenvalue weighted by atomic mass is 9.73. The Labute approximate surface area is 542 Å². The molecule has 0 radical (unpaired) electrons. The van der Waals surface area contributed by atoms with E-state index in [2.05, 4.69) is 51.7 Å². The first kappa shape index (κ1) is 73.1. The number of amides is 2. The van der Waals surface area contributed by atoms with Gasteiger partial charge in [-0.15, -0.1) is 0 Å². The van der Waals surface area contributed by atoms with E-state index in [4.69, 9.17) is 66.4 Å². The number of hydroxylamine groups is 1. The minimum Gasteiger partial charge on any atom is -0.493 e. The van der Waals surface area contributed by atoms with Crippen molar-refractivity contribution in [1.29, 1.82) is 0 Å². The number of anilines is 1. The number of carbonyl (C=O) groups excluding carboxylic acids is 4. The van der Waals surface area contributed by atoms with E-state index in [1.807, 2.05) is 33.3 Å². The summed E-state index contributed by atoms with van der Waals surface area (Å²) >= 11 is 1.47. The number of carbonyl (C=O) groups is 4. The smallest absolute Gasteiger partial charge is 0.411 e. The molecule has 1 aromatic rings. The van der Waals surface area contributed by atoms with Crippen molar-refractivity contribution in [1.82, 2.24) is 16.1 Å². The lowest BCUT2D eigenvalue weighted by molar-refractivity contribution is -0.336. The highest BCUT2D eigenvalue weighted by Crippen LogP contribution is 2.46. The molecule has 2 aliphatic carbocycles. The quantitative estimate of drug-likeness (QED) is 0.0123. The van der Waals surface area contributed by atoms with E-state index in [-0.39, 0.29) is 88.3 Å². The van der Waals surface area contributed by atoms with Crippen LogP contribution in [-0.2, 0) is 66.5 Å². The van der Waals surface area contributed by atoms with Crippen LogP contribution in [0, 0.1) is 23.7 Å². The number of hydrogen-bond acceptors (Lipinski definition) is 29. The molecule has 90 heavy (non-hydrogen) atoms. The third kappa shape index (κ3) is 17.9. The SMILES string of the molecule is C=C(OC)C(=O)Nc1cc(OC)c(OC)cc1C(=O)OC1CC(OC2C(=O)C(NC(=O)OC)=C3/C(=C\CSSSSC)[C@]2(O)C#C/C=C\C#C[C@@H]3OC2OC(C)C(NOC3CC(O)C(SC)C(C)O3)C(O)C2OC2CC(OC)C(NC(C)C)CO2)OC(C)C1O. The Kier molecular flexibility index (Phi) is 27.8. The van der Waals surface area contributed by atoms with Gasteiger partial charge in [-0.3, -0.25) is 19.7 Å². The molecule has 7 rings (SSSR count). The van der Waals surface area contributed by atoms with Crippen molar-refractivity contribution in [2.75, 3.05) is 65.7 Å². The fraction of sp³-hybridized carbons (Fsp3) is 0.627. The van der Waals surface area contributed by atoms with Crippen LogP contribution in [0.5, 0.6) is 11.5 Å². The second kappa shape index (κ2) is 34.2. The van der Waals surface area contributed by atoms with Gasteiger partial charge >= 0.3 is 12.1 Å². The number of hydrogen-bond donors (Lipinski definition) is 8. The number of aliphatic hydroxyl groups excluding tert-OH is 3. The van der Waals surface area contributed by atoms with E-state index < -0.39 is 134 Å². The number of methoxy groups -OCH3 is 5. The Morgan fingerprint density at radius 2 is 1.56 bits per heavy atom. The van der Waals surface area contributed by atoms with E-state index in [0.29, 0.717) is 0 Å². The van der Waals surface area contributed by atoms with Gasteiger partial charge in [0.25, 0.3) is 5.91 Å². The van der Waals surface area contributed by atoms with Crippen molar-refractivity contribution in [3.63, 3.8) is 0 Å². The molecule has 26 nitrogen and oxygen atoms in total. The molecule has 0 saturated carbocycles. The maximum Gasteiger partial charge on any atom is 0.411 e. The predicted octanol–water partition coefficient (Wildman–Crippen LogP) is 4.06. The van der Waals surface area contributed by atoms with E-state index in [1.165, 1.54) is 106 Å². The number of Topliss-reactive ketones (excluding diaryl/α,β-unsaturated/α-hetero) is 1. The molecule has 17 unspecified atom stereocenters. The summed E-state index contributed by atoms with van der Waals surface area (Å²) in [6.07, 6.45) is -11.7. The molecular weight excluding hydrogens is 1280 g/mol. The number of esters is 1. The Hall–Kier alpha value is -4.27. The van der Waals surface area contributed by atoms with E-state index in [0.717, 1.165) is 7.11 Å². The fourth-order valence-electron chi connectivity index (χ4n) is 10.8. The van der Waals surface area contributed by atoms with Crippen molar-refractivity contribution >= 4 is 82.4 Å². The van der Waals surface area contributed by atoms with Gasteiger partial charge in [0.1, 0.15) is 30.5 Å². The first-order valence-corrected chi connectivity index (χ1v) is 35.3. The Morgan fingerprint density at radius 1 is 0.844 bits per heavy atom. The van der Waals surface area contributed by atoms with Crippen molar-refractivity contribution in [3.8, 4) is 35.2 Å². The average Bonchev–Trinajstić information content (AvgIpc) is 0.759. The second-order valence-corrected chi connectivity index (χ2v) is 28.6. The lowest BCUT2D eigenvalue weighted by Gasteiger charge is -2.47. The summed E-state index contributed by atoms with van der Waals surface area (Å²) in [5.74, 6) is 8.62. The van der Waals surface area contributed by atoms with Crippen LogP contribution in [0.3, 0.4) is 0 Å². The van der Waals surface area contributed by atoms with Crippen LogP contribution in [0.15, 0.2) is 59.5 Å². The van der Waals surface area contributed by atoms with Crippen molar-refractivity contribution in [2.24, 2.45) is 0 Å². The normalized spacial score (nSPS) is 34.2. The van der Waals surface area contributed by atoms with Crippen LogP contribution in [-0.4, -0.2) is 226 Å². The first-order chi connectivity index (χ1) is 43.0. The zero-order valence-electron chi connectivity index (χ0n) is 51.8. The standard InChI is InChI=1S/C59H80N4O22S5/c1-28(2)60-36-27-77-43(25-39(36)73-8)83-52-50(66)47(63-85-45-24-37(64)53(86-12)31(5)79-45)29(3)80-57(52)82-38-18-16-14-15-17-20-59(71)34(19-21-88-90-89-87-13)46(38)48(62-58(70)76-11)51(67)54(59)84-44-26-42(49(65)30(4)78-44)81-56(69)33-22-40(74-9)41(75-10)23-35(33)61-55(68)32(6)72-7/h14-15,19,22-23,28-31,36-39,42-45,47,49-50,52-54,57,60,63-66,71H,6,21,24-27H2,1-5,7-13H3,(H,61,68)(H,62,70)/b15-14-,34-19+/t29?,30?,31?,36?,37?,38-,39?,42?,43?,44?,45?,47?,49?,50?,52?,53?,54?,57?,59+/m0/s1. The maximum absolute atomic E-state index is 15.6. The van der Waals surface area contributed by atoms with Crippen LogP contribution in [0.1, 0.15) is 64.2 Å². The van der Waals surface area contributed by atoms with Crippen molar-refractivity contribution in [3.05, 3.63) is 65.1 Å². The number of ketones is 1. The predicted molar refractivity (Wildman–Crippen MR) is 337 cm³/mol.